The number of benzene rings is 1. The Balaban J connectivity index is 1.72. The molecule has 1 aliphatic heterocycles. The highest BCUT2D eigenvalue weighted by atomic mass is 16.5. The van der Waals surface area contributed by atoms with Crippen LogP contribution in [-0.4, -0.2) is 34.2 Å². The van der Waals surface area contributed by atoms with Crippen LogP contribution in [-0.2, 0) is 10.3 Å². The molecule has 0 aliphatic carbocycles. The van der Waals surface area contributed by atoms with E-state index in [2.05, 4.69) is 20.4 Å². The molecular formula is C18H18N4O3. The molecule has 0 spiro atoms. The van der Waals surface area contributed by atoms with Crippen molar-refractivity contribution in [3.8, 4) is 0 Å². The number of para-hydroxylation sites is 1. The summed E-state index contributed by atoms with van der Waals surface area (Å²) in [7, 11) is 0. The summed E-state index contributed by atoms with van der Waals surface area (Å²) < 4.78 is 10.3. The predicted octanol–water partition coefficient (Wildman–Crippen LogP) is 2.36. The van der Waals surface area contributed by atoms with E-state index in [-0.39, 0.29) is 5.91 Å². The van der Waals surface area contributed by atoms with Gasteiger partial charge < -0.3 is 14.6 Å². The van der Waals surface area contributed by atoms with Crippen molar-refractivity contribution in [3.63, 3.8) is 0 Å². The minimum atomic E-state index is -0.686. The molecule has 4 rings (SSSR count). The van der Waals surface area contributed by atoms with Crippen molar-refractivity contribution in [1.29, 1.82) is 0 Å². The Bertz CT molecular complexity index is 902. The van der Waals surface area contributed by atoms with Crippen LogP contribution in [0.2, 0.25) is 0 Å². The predicted molar refractivity (Wildman–Crippen MR) is 90.0 cm³/mol. The molecule has 0 atom stereocenters. The van der Waals surface area contributed by atoms with Gasteiger partial charge in [0, 0.05) is 37.1 Å². The van der Waals surface area contributed by atoms with E-state index >= 15 is 0 Å². The zero-order valence-electron chi connectivity index (χ0n) is 13.9. The molecule has 0 radical (unpaired) electrons. The minimum absolute atomic E-state index is 0.199. The number of pyridine rings is 1. The van der Waals surface area contributed by atoms with Gasteiger partial charge in [0.05, 0.1) is 11.1 Å². The zero-order chi connectivity index (χ0) is 17.3. The second-order valence-electron chi connectivity index (χ2n) is 6.23. The molecule has 128 valence electrons. The lowest BCUT2D eigenvalue weighted by atomic mass is 9.88. The molecule has 2 aromatic heterocycles. The van der Waals surface area contributed by atoms with Crippen LogP contribution in [0.25, 0.3) is 10.9 Å². The van der Waals surface area contributed by atoms with E-state index in [1.807, 2.05) is 31.2 Å². The van der Waals surface area contributed by atoms with Crippen molar-refractivity contribution >= 4 is 16.8 Å². The molecule has 1 aliphatic rings. The molecule has 0 bridgehead atoms. The van der Waals surface area contributed by atoms with E-state index in [0.717, 1.165) is 11.1 Å². The number of carbonyl (C=O) groups excluding carboxylic acids is 1. The van der Waals surface area contributed by atoms with Gasteiger partial charge in [0.2, 0.25) is 6.39 Å². The third-order valence-corrected chi connectivity index (χ3v) is 4.59. The van der Waals surface area contributed by atoms with Crippen LogP contribution in [0.4, 0.5) is 0 Å². The summed E-state index contributed by atoms with van der Waals surface area (Å²) >= 11 is 0. The average molecular weight is 338 g/mol. The monoisotopic (exact) mass is 338 g/mol. The first kappa shape index (κ1) is 15.7. The first-order valence-corrected chi connectivity index (χ1v) is 8.21. The fourth-order valence-electron chi connectivity index (χ4n) is 3.22. The summed E-state index contributed by atoms with van der Waals surface area (Å²) in [5, 5.41) is 8.01. The molecule has 7 nitrogen and oxygen atoms in total. The standard InChI is InChI=1S/C18H18N4O3/c1-12-5-6-13-3-2-4-14(15(13)20-12)16(23)21-18(7-9-24-10-8-18)17-19-11-25-22-17/h2-6,11H,7-10H2,1H3,(H,21,23). The maximum Gasteiger partial charge on any atom is 0.254 e. The normalized spacial score (nSPS) is 16.7. The molecule has 0 saturated carbocycles. The summed E-state index contributed by atoms with van der Waals surface area (Å²) in [6.07, 6.45) is 2.46. The Kier molecular flexibility index (Phi) is 3.93. The highest BCUT2D eigenvalue weighted by Crippen LogP contribution is 2.30. The number of aryl methyl sites for hydroxylation is 1. The number of rotatable bonds is 3. The number of amides is 1. The fraction of sp³-hybridized carbons (Fsp3) is 0.333. The van der Waals surface area contributed by atoms with Gasteiger partial charge in [-0.15, -0.1) is 0 Å². The first-order valence-electron chi connectivity index (χ1n) is 8.21. The SMILES string of the molecule is Cc1ccc2cccc(C(=O)NC3(c4ncon4)CCOCC3)c2n1. The molecule has 7 heteroatoms. The lowest BCUT2D eigenvalue weighted by Gasteiger charge is -2.35. The van der Waals surface area contributed by atoms with E-state index < -0.39 is 5.54 Å². The van der Waals surface area contributed by atoms with Gasteiger partial charge in [-0.1, -0.05) is 23.4 Å². The van der Waals surface area contributed by atoms with E-state index in [9.17, 15) is 4.79 Å². The number of nitrogens with zero attached hydrogens (tertiary/aromatic N) is 3. The van der Waals surface area contributed by atoms with Crippen molar-refractivity contribution in [2.45, 2.75) is 25.3 Å². The number of aromatic nitrogens is 3. The van der Waals surface area contributed by atoms with Crippen LogP contribution in [0.1, 0.15) is 34.7 Å². The van der Waals surface area contributed by atoms with Crippen LogP contribution in [0, 0.1) is 6.92 Å². The van der Waals surface area contributed by atoms with Gasteiger partial charge in [-0.3, -0.25) is 9.78 Å². The molecule has 1 N–H and O–H groups in total. The summed E-state index contributed by atoms with van der Waals surface area (Å²) in [6.45, 7) is 2.97. The Hall–Kier alpha value is -2.80. The molecule has 1 saturated heterocycles. The van der Waals surface area contributed by atoms with Crippen LogP contribution in [0.5, 0.6) is 0 Å². The number of carbonyl (C=O) groups is 1. The number of hydrogen-bond donors (Lipinski definition) is 1. The average Bonchev–Trinajstić information content (AvgIpc) is 3.17. The second kappa shape index (κ2) is 6.25. The lowest BCUT2D eigenvalue weighted by molar-refractivity contribution is 0.0306. The van der Waals surface area contributed by atoms with E-state index in [0.29, 0.717) is 43.0 Å². The molecule has 3 aromatic rings. The van der Waals surface area contributed by atoms with Gasteiger partial charge in [-0.25, -0.2) is 0 Å². The van der Waals surface area contributed by atoms with E-state index in [1.165, 1.54) is 6.39 Å². The van der Waals surface area contributed by atoms with Crippen molar-refractivity contribution in [1.82, 2.24) is 20.4 Å². The minimum Gasteiger partial charge on any atom is -0.381 e. The van der Waals surface area contributed by atoms with Crippen LogP contribution < -0.4 is 5.32 Å². The van der Waals surface area contributed by atoms with E-state index in [4.69, 9.17) is 9.26 Å². The Morgan fingerprint density at radius 3 is 2.80 bits per heavy atom. The van der Waals surface area contributed by atoms with Crippen molar-refractivity contribution in [2.75, 3.05) is 13.2 Å². The van der Waals surface area contributed by atoms with E-state index in [1.54, 1.807) is 6.07 Å². The topological polar surface area (TPSA) is 90.1 Å². The van der Waals surface area contributed by atoms with Gasteiger partial charge in [-0.2, -0.15) is 4.98 Å². The van der Waals surface area contributed by atoms with Gasteiger partial charge in [0.15, 0.2) is 5.82 Å². The van der Waals surface area contributed by atoms with Crippen molar-refractivity contribution < 1.29 is 14.1 Å². The van der Waals surface area contributed by atoms with Gasteiger partial charge in [0.25, 0.3) is 5.91 Å². The maximum atomic E-state index is 13.1. The molecule has 25 heavy (non-hydrogen) atoms. The maximum absolute atomic E-state index is 13.1. The molecule has 3 heterocycles. The molecule has 1 fully saturated rings. The zero-order valence-corrected chi connectivity index (χ0v) is 13.9. The summed E-state index contributed by atoms with van der Waals surface area (Å²) in [4.78, 5) is 21.8. The summed E-state index contributed by atoms with van der Waals surface area (Å²) in [6, 6.07) is 9.50. The smallest absolute Gasteiger partial charge is 0.254 e. The van der Waals surface area contributed by atoms with Crippen LogP contribution in [0.15, 0.2) is 41.2 Å². The molecule has 0 unspecified atom stereocenters. The number of ether oxygens (including phenoxy) is 1. The van der Waals surface area contributed by atoms with Gasteiger partial charge >= 0.3 is 0 Å². The molecule has 1 aromatic carbocycles. The third kappa shape index (κ3) is 2.87. The Morgan fingerprint density at radius 1 is 1.20 bits per heavy atom. The quantitative estimate of drug-likeness (QED) is 0.788. The van der Waals surface area contributed by atoms with Crippen molar-refractivity contribution in [3.05, 3.63) is 53.8 Å². The lowest BCUT2D eigenvalue weighted by Crippen LogP contribution is -2.50. The Morgan fingerprint density at radius 2 is 2.04 bits per heavy atom. The highest BCUT2D eigenvalue weighted by Gasteiger charge is 2.40. The summed E-state index contributed by atoms with van der Waals surface area (Å²) in [5.74, 6) is 0.281. The van der Waals surface area contributed by atoms with Crippen LogP contribution >= 0.6 is 0 Å². The number of fused-ring (bicyclic) bond motifs is 1. The second-order valence-corrected chi connectivity index (χ2v) is 6.23. The highest BCUT2D eigenvalue weighted by molar-refractivity contribution is 6.05. The van der Waals surface area contributed by atoms with Gasteiger partial charge in [-0.05, 0) is 19.1 Å². The third-order valence-electron chi connectivity index (χ3n) is 4.59. The number of hydrogen-bond acceptors (Lipinski definition) is 6. The first-order chi connectivity index (χ1) is 12.2. The fourth-order valence-corrected chi connectivity index (χ4v) is 3.22. The summed E-state index contributed by atoms with van der Waals surface area (Å²) in [5.41, 5.74) is 1.41. The van der Waals surface area contributed by atoms with Crippen LogP contribution in [0.3, 0.4) is 0 Å². The molecular weight excluding hydrogens is 320 g/mol. The van der Waals surface area contributed by atoms with Crippen molar-refractivity contribution in [2.24, 2.45) is 0 Å². The number of nitrogens with one attached hydrogen (secondary N) is 1. The Labute approximate surface area is 144 Å². The molecule has 1 amide bonds. The largest absolute Gasteiger partial charge is 0.381 e. The van der Waals surface area contributed by atoms with Gasteiger partial charge in [0.1, 0.15) is 5.54 Å².